The third-order valence-electron chi connectivity index (χ3n) is 3.31. The fourth-order valence-corrected chi connectivity index (χ4v) is 4.10. The van der Waals surface area contributed by atoms with E-state index in [-0.39, 0.29) is 11.7 Å². The molecular weight excluding hydrogens is 307 g/mol. The van der Waals surface area contributed by atoms with Gasteiger partial charge in [-0.1, -0.05) is 29.3 Å². The van der Waals surface area contributed by atoms with Crippen LogP contribution in [0.5, 0.6) is 0 Å². The summed E-state index contributed by atoms with van der Waals surface area (Å²) in [5.74, 6) is 0.213. The molecule has 1 saturated heterocycles. The van der Waals surface area contributed by atoms with E-state index < -0.39 is 10.0 Å². The van der Waals surface area contributed by atoms with Crippen LogP contribution in [0.4, 0.5) is 0 Å². The summed E-state index contributed by atoms with van der Waals surface area (Å²) in [6.45, 7) is 1.59. The molecule has 0 aromatic heterocycles. The van der Waals surface area contributed by atoms with Crippen molar-refractivity contribution >= 4 is 33.2 Å². The molecule has 0 saturated carbocycles. The van der Waals surface area contributed by atoms with Crippen LogP contribution in [-0.2, 0) is 15.8 Å². The Hall–Kier alpha value is -0.330. The second-order valence-corrected chi connectivity index (χ2v) is 7.54. The van der Waals surface area contributed by atoms with Crippen LogP contribution < -0.4 is 5.73 Å². The van der Waals surface area contributed by atoms with Gasteiger partial charge in [0.2, 0.25) is 10.0 Å². The third-order valence-corrected chi connectivity index (χ3v) is 5.86. The van der Waals surface area contributed by atoms with Gasteiger partial charge in [0.1, 0.15) is 0 Å². The highest BCUT2D eigenvalue weighted by atomic mass is 35.5. The zero-order valence-electron chi connectivity index (χ0n) is 10.4. The Bertz CT molecular complexity index is 563. The minimum Gasteiger partial charge on any atom is -0.330 e. The summed E-state index contributed by atoms with van der Waals surface area (Å²) in [5.41, 5.74) is 6.22. The first-order valence-electron chi connectivity index (χ1n) is 6.04. The number of hydrogen-bond donors (Lipinski definition) is 1. The molecule has 1 heterocycles. The Morgan fingerprint density at radius 1 is 1.32 bits per heavy atom. The quantitative estimate of drug-likeness (QED) is 0.923. The van der Waals surface area contributed by atoms with Gasteiger partial charge in [-0.2, -0.15) is 0 Å². The molecule has 4 nitrogen and oxygen atoms in total. The smallest absolute Gasteiger partial charge is 0.218 e. The van der Waals surface area contributed by atoms with Crippen molar-refractivity contribution in [3.63, 3.8) is 0 Å². The molecular formula is C12H16Cl2N2O2S. The van der Waals surface area contributed by atoms with E-state index in [1.165, 1.54) is 4.31 Å². The molecule has 1 aromatic rings. The topological polar surface area (TPSA) is 63.4 Å². The van der Waals surface area contributed by atoms with Gasteiger partial charge in [-0.3, -0.25) is 0 Å². The van der Waals surface area contributed by atoms with E-state index in [4.69, 9.17) is 28.9 Å². The number of halogens is 2. The van der Waals surface area contributed by atoms with E-state index in [1.807, 2.05) is 0 Å². The Morgan fingerprint density at radius 2 is 2.05 bits per heavy atom. The highest BCUT2D eigenvalue weighted by Gasteiger charge is 2.30. The first-order chi connectivity index (χ1) is 8.92. The van der Waals surface area contributed by atoms with E-state index in [0.29, 0.717) is 35.2 Å². The molecule has 19 heavy (non-hydrogen) atoms. The van der Waals surface area contributed by atoms with Crippen molar-refractivity contribution in [2.24, 2.45) is 11.7 Å². The van der Waals surface area contributed by atoms with E-state index in [2.05, 4.69) is 0 Å². The average molecular weight is 323 g/mol. The average Bonchev–Trinajstić information content (AvgIpc) is 2.83. The number of sulfonamides is 1. The van der Waals surface area contributed by atoms with Gasteiger partial charge in [-0.05, 0) is 36.6 Å². The van der Waals surface area contributed by atoms with Crippen LogP contribution >= 0.6 is 23.2 Å². The van der Waals surface area contributed by atoms with E-state index in [1.54, 1.807) is 18.2 Å². The van der Waals surface area contributed by atoms with Crippen LogP contribution in [0, 0.1) is 5.92 Å². The van der Waals surface area contributed by atoms with E-state index in [9.17, 15) is 8.42 Å². The number of hydrogen-bond acceptors (Lipinski definition) is 3. The maximum atomic E-state index is 12.3. The van der Waals surface area contributed by atoms with Crippen LogP contribution in [-0.4, -0.2) is 32.4 Å². The SMILES string of the molecule is NCC1CCN(S(=O)(=O)Cc2ccc(Cl)c(Cl)c2)C1. The lowest BCUT2D eigenvalue weighted by Crippen LogP contribution is -2.31. The number of rotatable bonds is 4. The summed E-state index contributed by atoms with van der Waals surface area (Å²) in [6, 6.07) is 4.89. The van der Waals surface area contributed by atoms with Crippen LogP contribution in [0.2, 0.25) is 10.0 Å². The Balaban J connectivity index is 2.11. The van der Waals surface area contributed by atoms with Crippen LogP contribution in [0.3, 0.4) is 0 Å². The number of benzene rings is 1. The van der Waals surface area contributed by atoms with Gasteiger partial charge in [-0.25, -0.2) is 12.7 Å². The molecule has 2 N–H and O–H groups in total. The number of nitrogens with zero attached hydrogens (tertiary/aromatic N) is 1. The molecule has 1 aliphatic rings. The molecule has 1 fully saturated rings. The molecule has 7 heteroatoms. The van der Waals surface area contributed by atoms with Crippen LogP contribution in [0.15, 0.2) is 18.2 Å². The summed E-state index contributed by atoms with van der Waals surface area (Å²) >= 11 is 11.7. The first kappa shape index (κ1) is 15.1. The zero-order valence-corrected chi connectivity index (χ0v) is 12.7. The summed E-state index contributed by atoms with van der Waals surface area (Å²) in [7, 11) is -3.31. The van der Waals surface area contributed by atoms with Crippen LogP contribution in [0.25, 0.3) is 0 Å². The van der Waals surface area contributed by atoms with Gasteiger partial charge >= 0.3 is 0 Å². The number of nitrogens with two attached hydrogens (primary N) is 1. The zero-order chi connectivity index (χ0) is 14.0. The van der Waals surface area contributed by atoms with E-state index >= 15 is 0 Å². The van der Waals surface area contributed by atoms with Gasteiger partial charge in [0.25, 0.3) is 0 Å². The minimum absolute atomic E-state index is 0.0544. The summed E-state index contributed by atoms with van der Waals surface area (Å²) < 4.78 is 26.0. The standard InChI is InChI=1S/C12H16Cl2N2O2S/c13-11-2-1-9(5-12(11)14)8-19(17,18)16-4-3-10(6-15)7-16/h1-2,5,10H,3-4,6-8,15H2. The molecule has 1 aliphatic heterocycles. The summed E-state index contributed by atoms with van der Waals surface area (Å²) in [4.78, 5) is 0. The molecule has 106 valence electrons. The van der Waals surface area contributed by atoms with Crippen molar-refractivity contribution < 1.29 is 8.42 Å². The molecule has 0 radical (unpaired) electrons. The Kier molecular flexibility index (Phi) is 4.74. The van der Waals surface area contributed by atoms with Crippen molar-refractivity contribution in [2.45, 2.75) is 12.2 Å². The van der Waals surface area contributed by atoms with Gasteiger partial charge in [0.15, 0.2) is 0 Å². The normalized spacial score (nSPS) is 20.9. The fraction of sp³-hybridized carbons (Fsp3) is 0.500. The molecule has 1 atom stereocenters. The maximum Gasteiger partial charge on any atom is 0.218 e. The summed E-state index contributed by atoms with van der Waals surface area (Å²) in [6.07, 6.45) is 0.830. The molecule has 2 rings (SSSR count). The van der Waals surface area contributed by atoms with Crippen molar-refractivity contribution in [3.05, 3.63) is 33.8 Å². The highest BCUT2D eigenvalue weighted by Crippen LogP contribution is 2.25. The predicted molar refractivity (Wildman–Crippen MR) is 77.8 cm³/mol. The van der Waals surface area contributed by atoms with Crippen molar-refractivity contribution in [2.75, 3.05) is 19.6 Å². The van der Waals surface area contributed by atoms with Gasteiger partial charge in [-0.15, -0.1) is 0 Å². The lowest BCUT2D eigenvalue weighted by atomic mass is 10.1. The minimum atomic E-state index is -3.31. The predicted octanol–water partition coefficient (Wildman–Crippen LogP) is 2.10. The van der Waals surface area contributed by atoms with Gasteiger partial charge < -0.3 is 5.73 Å². The molecule has 0 aliphatic carbocycles. The largest absolute Gasteiger partial charge is 0.330 e. The molecule has 1 unspecified atom stereocenters. The van der Waals surface area contributed by atoms with Crippen molar-refractivity contribution in [1.82, 2.24) is 4.31 Å². The molecule has 0 bridgehead atoms. The van der Waals surface area contributed by atoms with Crippen molar-refractivity contribution in [1.29, 1.82) is 0 Å². The maximum absolute atomic E-state index is 12.3. The van der Waals surface area contributed by atoms with E-state index in [0.717, 1.165) is 6.42 Å². The molecule has 0 spiro atoms. The summed E-state index contributed by atoms with van der Waals surface area (Å²) in [5, 5.41) is 0.794. The van der Waals surface area contributed by atoms with Gasteiger partial charge in [0, 0.05) is 13.1 Å². The van der Waals surface area contributed by atoms with Crippen molar-refractivity contribution in [3.8, 4) is 0 Å². The van der Waals surface area contributed by atoms with Gasteiger partial charge in [0.05, 0.1) is 15.8 Å². The second kappa shape index (κ2) is 5.97. The molecule has 1 aromatic carbocycles. The lowest BCUT2D eigenvalue weighted by Gasteiger charge is -2.16. The van der Waals surface area contributed by atoms with Crippen LogP contribution in [0.1, 0.15) is 12.0 Å². The second-order valence-electron chi connectivity index (χ2n) is 4.75. The third kappa shape index (κ3) is 3.61. The first-order valence-corrected chi connectivity index (χ1v) is 8.40. The Morgan fingerprint density at radius 3 is 2.63 bits per heavy atom. The Labute approximate surface area is 123 Å². The monoisotopic (exact) mass is 322 g/mol. The molecule has 0 amide bonds. The highest BCUT2D eigenvalue weighted by molar-refractivity contribution is 7.88. The fourth-order valence-electron chi connectivity index (χ4n) is 2.17. The lowest BCUT2D eigenvalue weighted by molar-refractivity contribution is 0.458.